The monoisotopic (exact) mass is 359 g/mol. The number of hydrogen-bond acceptors (Lipinski definition) is 4. The quantitative estimate of drug-likeness (QED) is 0.588. The number of H-pyrrole nitrogens is 1. The Balaban J connectivity index is 2.04. The van der Waals surface area contributed by atoms with Crippen molar-refractivity contribution in [2.75, 3.05) is 6.26 Å². The van der Waals surface area contributed by atoms with E-state index in [4.69, 9.17) is 0 Å². The zero-order valence-corrected chi connectivity index (χ0v) is 15.9. The summed E-state index contributed by atoms with van der Waals surface area (Å²) in [6.45, 7) is 5.97. The van der Waals surface area contributed by atoms with Crippen LogP contribution in [0.1, 0.15) is 43.1 Å². The molecule has 0 aliphatic heterocycles. The third-order valence-corrected chi connectivity index (χ3v) is 4.72. The summed E-state index contributed by atoms with van der Waals surface area (Å²) in [5, 5.41) is 3.69. The molecule has 1 amide bonds. The van der Waals surface area contributed by atoms with Gasteiger partial charge >= 0.3 is 0 Å². The standard InChI is InChI=1S/C19H25N3O2S/c1-12(2)17(14-8-6-5-7-9-14)21-16(23)11-10-15-13(3)20-19(25-4)22-18(15)24/h5-9,12,17H,10-11H2,1-4H3,(H,21,23)(H,20,22,24). The van der Waals surface area contributed by atoms with Crippen molar-refractivity contribution >= 4 is 17.7 Å². The molecule has 0 saturated carbocycles. The maximum absolute atomic E-state index is 12.4. The molecule has 2 aromatic rings. The first-order valence-corrected chi connectivity index (χ1v) is 9.63. The number of thioether (sulfide) groups is 1. The highest BCUT2D eigenvalue weighted by atomic mass is 32.2. The van der Waals surface area contributed by atoms with E-state index in [0.717, 1.165) is 5.56 Å². The number of rotatable bonds is 7. The van der Waals surface area contributed by atoms with Gasteiger partial charge < -0.3 is 10.3 Å². The number of aromatic amines is 1. The number of nitrogens with one attached hydrogen (secondary N) is 2. The van der Waals surface area contributed by atoms with Crippen molar-refractivity contribution in [2.45, 2.75) is 44.8 Å². The normalized spacial score (nSPS) is 12.2. The van der Waals surface area contributed by atoms with Crippen LogP contribution in [0.3, 0.4) is 0 Å². The molecule has 1 heterocycles. The summed E-state index contributed by atoms with van der Waals surface area (Å²) in [5.41, 5.74) is 2.19. The second kappa shape index (κ2) is 8.85. The molecule has 2 N–H and O–H groups in total. The number of benzene rings is 1. The van der Waals surface area contributed by atoms with Crippen molar-refractivity contribution in [2.24, 2.45) is 5.92 Å². The lowest BCUT2D eigenvalue weighted by Gasteiger charge is -2.23. The van der Waals surface area contributed by atoms with Crippen LogP contribution in [-0.2, 0) is 11.2 Å². The van der Waals surface area contributed by atoms with Crippen molar-refractivity contribution in [3.63, 3.8) is 0 Å². The fourth-order valence-electron chi connectivity index (χ4n) is 2.76. The van der Waals surface area contributed by atoms with E-state index in [2.05, 4.69) is 29.1 Å². The van der Waals surface area contributed by atoms with Gasteiger partial charge in [0, 0.05) is 17.7 Å². The largest absolute Gasteiger partial charge is 0.349 e. The molecule has 0 saturated heterocycles. The predicted octanol–water partition coefficient (Wildman–Crippen LogP) is 3.25. The van der Waals surface area contributed by atoms with Gasteiger partial charge in [0.1, 0.15) is 0 Å². The predicted molar refractivity (Wildman–Crippen MR) is 102 cm³/mol. The van der Waals surface area contributed by atoms with E-state index in [0.29, 0.717) is 22.8 Å². The van der Waals surface area contributed by atoms with Gasteiger partial charge in [0.05, 0.1) is 6.04 Å². The smallest absolute Gasteiger partial charge is 0.254 e. The van der Waals surface area contributed by atoms with Crippen LogP contribution >= 0.6 is 11.8 Å². The van der Waals surface area contributed by atoms with Crippen molar-refractivity contribution in [3.05, 3.63) is 57.5 Å². The first kappa shape index (κ1) is 19.2. The van der Waals surface area contributed by atoms with Gasteiger partial charge in [0.2, 0.25) is 5.91 Å². The Kier molecular flexibility index (Phi) is 6.82. The molecule has 0 aliphatic rings. The molecule has 25 heavy (non-hydrogen) atoms. The minimum absolute atomic E-state index is 0.0370. The minimum atomic E-state index is -0.159. The summed E-state index contributed by atoms with van der Waals surface area (Å²) in [5.74, 6) is 0.217. The van der Waals surface area contributed by atoms with E-state index in [1.165, 1.54) is 11.8 Å². The first-order chi connectivity index (χ1) is 11.9. The molecular weight excluding hydrogens is 334 g/mol. The zero-order valence-electron chi connectivity index (χ0n) is 15.1. The molecule has 5 nitrogen and oxygen atoms in total. The van der Waals surface area contributed by atoms with Crippen molar-refractivity contribution in [1.82, 2.24) is 15.3 Å². The summed E-state index contributed by atoms with van der Waals surface area (Å²) >= 11 is 1.39. The SMILES string of the molecule is CSc1nc(C)c(CCC(=O)NC(c2ccccc2)C(C)C)c(=O)[nH]1. The fourth-order valence-corrected chi connectivity index (χ4v) is 3.18. The number of aryl methyl sites for hydroxylation is 1. The van der Waals surface area contributed by atoms with Gasteiger partial charge in [-0.1, -0.05) is 55.9 Å². The number of carbonyl (C=O) groups is 1. The lowest BCUT2D eigenvalue weighted by atomic mass is 9.96. The third-order valence-electron chi connectivity index (χ3n) is 4.14. The van der Waals surface area contributed by atoms with E-state index in [1.807, 2.05) is 43.5 Å². The van der Waals surface area contributed by atoms with Crippen LogP contribution in [0, 0.1) is 12.8 Å². The minimum Gasteiger partial charge on any atom is -0.349 e. The van der Waals surface area contributed by atoms with E-state index in [-0.39, 0.29) is 29.8 Å². The van der Waals surface area contributed by atoms with Crippen LogP contribution in [0.4, 0.5) is 0 Å². The molecule has 134 valence electrons. The average molecular weight is 359 g/mol. The number of carbonyl (C=O) groups excluding carboxylic acids is 1. The van der Waals surface area contributed by atoms with Crippen molar-refractivity contribution < 1.29 is 4.79 Å². The Hall–Kier alpha value is -2.08. The van der Waals surface area contributed by atoms with Gasteiger partial charge in [-0.25, -0.2) is 4.98 Å². The second-order valence-electron chi connectivity index (χ2n) is 6.34. The molecular formula is C19H25N3O2S. The topological polar surface area (TPSA) is 74.8 Å². The Morgan fingerprint density at radius 3 is 2.52 bits per heavy atom. The molecule has 0 spiro atoms. The molecule has 1 aromatic heterocycles. The van der Waals surface area contributed by atoms with Gasteiger partial charge in [-0.15, -0.1) is 0 Å². The van der Waals surface area contributed by atoms with Crippen LogP contribution in [-0.4, -0.2) is 22.1 Å². The molecule has 1 unspecified atom stereocenters. The van der Waals surface area contributed by atoms with Gasteiger partial charge in [-0.2, -0.15) is 0 Å². The summed E-state index contributed by atoms with van der Waals surface area (Å²) in [6.07, 6.45) is 2.51. The maximum atomic E-state index is 12.4. The molecule has 0 radical (unpaired) electrons. The van der Waals surface area contributed by atoms with E-state index in [1.54, 1.807) is 0 Å². The van der Waals surface area contributed by atoms with Gasteiger partial charge in [0.15, 0.2) is 5.16 Å². The lowest BCUT2D eigenvalue weighted by molar-refractivity contribution is -0.122. The summed E-state index contributed by atoms with van der Waals surface area (Å²) in [7, 11) is 0. The van der Waals surface area contributed by atoms with Crippen LogP contribution < -0.4 is 10.9 Å². The third kappa shape index (κ3) is 5.19. The molecule has 0 fully saturated rings. The Morgan fingerprint density at radius 1 is 1.28 bits per heavy atom. The van der Waals surface area contributed by atoms with E-state index < -0.39 is 0 Å². The summed E-state index contributed by atoms with van der Waals surface area (Å²) in [4.78, 5) is 31.6. The zero-order chi connectivity index (χ0) is 18.4. The highest BCUT2D eigenvalue weighted by Crippen LogP contribution is 2.21. The van der Waals surface area contributed by atoms with Crippen molar-refractivity contribution in [3.8, 4) is 0 Å². The average Bonchev–Trinajstić information content (AvgIpc) is 2.59. The maximum Gasteiger partial charge on any atom is 0.254 e. The van der Waals surface area contributed by atoms with Gasteiger partial charge in [-0.3, -0.25) is 9.59 Å². The summed E-state index contributed by atoms with van der Waals surface area (Å²) in [6, 6.07) is 9.90. The van der Waals surface area contributed by atoms with Crippen LogP contribution in [0.5, 0.6) is 0 Å². The molecule has 0 bridgehead atoms. The Morgan fingerprint density at radius 2 is 1.96 bits per heavy atom. The molecule has 1 atom stereocenters. The van der Waals surface area contributed by atoms with Crippen LogP contribution in [0.15, 0.2) is 40.3 Å². The fraction of sp³-hybridized carbons (Fsp3) is 0.421. The lowest BCUT2D eigenvalue weighted by Crippen LogP contribution is -2.32. The molecule has 0 aliphatic carbocycles. The van der Waals surface area contributed by atoms with Gasteiger partial charge in [-0.05, 0) is 31.1 Å². The molecule has 1 aromatic carbocycles. The highest BCUT2D eigenvalue weighted by Gasteiger charge is 2.18. The first-order valence-electron chi connectivity index (χ1n) is 8.40. The van der Waals surface area contributed by atoms with Crippen LogP contribution in [0.2, 0.25) is 0 Å². The van der Waals surface area contributed by atoms with Crippen LogP contribution in [0.25, 0.3) is 0 Å². The highest BCUT2D eigenvalue weighted by molar-refractivity contribution is 7.98. The van der Waals surface area contributed by atoms with Crippen molar-refractivity contribution in [1.29, 1.82) is 0 Å². The number of nitrogens with zero attached hydrogens (tertiary/aromatic N) is 1. The van der Waals surface area contributed by atoms with E-state index in [9.17, 15) is 9.59 Å². The number of aromatic nitrogens is 2. The second-order valence-corrected chi connectivity index (χ2v) is 7.13. The number of hydrogen-bond donors (Lipinski definition) is 2. The Bertz CT molecular complexity index is 772. The molecule has 6 heteroatoms. The molecule has 2 rings (SSSR count). The Labute approximate surface area is 152 Å². The van der Waals surface area contributed by atoms with E-state index >= 15 is 0 Å². The number of amides is 1. The van der Waals surface area contributed by atoms with Gasteiger partial charge in [0.25, 0.3) is 5.56 Å². The summed E-state index contributed by atoms with van der Waals surface area (Å²) < 4.78 is 0.